The number of benzene rings is 1. The van der Waals surface area contributed by atoms with Gasteiger partial charge in [-0.3, -0.25) is 9.78 Å². The number of aromatic nitrogens is 1. The molecule has 2 rings (SSSR count). The highest BCUT2D eigenvalue weighted by Crippen LogP contribution is 2.12. The van der Waals surface area contributed by atoms with Crippen molar-refractivity contribution in [2.75, 3.05) is 0 Å². The van der Waals surface area contributed by atoms with Crippen molar-refractivity contribution in [2.24, 2.45) is 0 Å². The molecule has 0 N–H and O–H groups in total. The first-order chi connectivity index (χ1) is 8.16. The number of rotatable bonds is 3. The summed E-state index contributed by atoms with van der Waals surface area (Å²) in [4.78, 5) is 15.9. The summed E-state index contributed by atoms with van der Waals surface area (Å²) in [6.07, 6.45) is 1.74. The van der Waals surface area contributed by atoms with E-state index in [0.717, 1.165) is 5.56 Å². The Hall–Kier alpha value is -2.03. The molecule has 0 unspecified atom stereocenters. The number of pyridine rings is 1. The van der Waals surface area contributed by atoms with E-state index in [4.69, 9.17) is 0 Å². The van der Waals surface area contributed by atoms with Gasteiger partial charge < -0.3 is 0 Å². The second-order valence-corrected chi connectivity index (χ2v) is 3.90. The van der Waals surface area contributed by atoms with Gasteiger partial charge >= 0.3 is 0 Å². The van der Waals surface area contributed by atoms with Crippen molar-refractivity contribution in [1.29, 1.82) is 0 Å². The summed E-state index contributed by atoms with van der Waals surface area (Å²) in [5.74, 6) is -0.716. The predicted octanol–water partition coefficient (Wildman–Crippen LogP) is 2.95. The van der Waals surface area contributed by atoms with Crippen LogP contribution in [-0.2, 0) is 6.42 Å². The zero-order valence-corrected chi connectivity index (χ0v) is 9.48. The van der Waals surface area contributed by atoms with Crippen LogP contribution in [0.15, 0.2) is 42.6 Å². The van der Waals surface area contributed by atoms with Crippen molar-refractivity contribution in [1.82, 2.24) is 4.98 Å². The molecule has 0 aliphatic heterocycles. The average molecular weight is 229 g/mol. The van der Waals surface area contributed by atoms with Crippen LogP contribution in [0.1, 0.15) is 21.6 Å². The first-order valence-corrected chi connectivity index (χ1v) is 5.36. The quantitative estimate of drug-likeness (QED) is 0.757. The molecule has 3 heteroatoms. The number of carbonyl (C=O) groups excluding carboxylic acids is 1. The van der Waals surface area contributed by atoms with Crippen LogP contribution in [0.5, 0.6) is 0 Å². The van der Waals surface area contributed by atoms with E-state index in [0.29, 0.717) is 5.69 Å². The summed E-state index contributed by atoms with van der Waals surface area (Å²) < 4.78 is 13.6. The van der Waals surface area contributed by atoms with Gasteiger partial charge in [0.05, 0.1) is 12.0 Å². The zero-order valence-electron chi connectivity index (χ0n) is 9.48. The first-order valence-electron chi connectivity index (χ1n) is 5.36. The second-order valence-electron chi connectivity index (χ2n) is 3.90. The number of Topliss-reactive ketones (excluding diaryl/α,β-unsaturated/α-hetero) is 1. The largest absolute Gasteiger partial charge is 0.294 e. The lowest BCUT2D eigenvalue weighted by atomic mass is 10.0. The van der Waals surface area contributed by atoms with E-state index in [2.05, 4.69) is 4.98 Å². The molecule has 1 aromatic heterocycles. The van der Waals surface area contributed by atoms with E-state index in [-0.39, 0.29) is 17.8 Å². The minimum atomic E-state index is -0.467. The van der Waals surface area contributed by atoms with Crippen LogP contribution in [0.2, 0.25) is 0 Å². The fraction of sp³-hybridized carbons (Fsp3) is 0.143. The number of ketones is 1. The second kappa shape index (κ2) is 4.87. The molecule has 0 atom stereocenters. The molecular formula is C14H12FNO. The fourth-order valence-corrected chi connectivity index (χ4v) is 1.61. The molecule has 0 amide bonds. The SMILES string of the molecule is Cc1ccc(C(=O)Cc2ccccn2)c(F)c1. The maximum Gasteiger partial charge on any atom is 0.171 e. The third-order valence-electron chi connectivity index (χ3n) is 2.49. The minimum absolute atomic E-state index is 0.126. The molecule has 0 spiro atoms. The number of hydrogen-bond acceptors (Lipinski definition) is 2. The summed E-state index contributed by atoms with van der Waals surface area (Å²) >= 11 is 0. The van der Waals surface area contributed by atoms with Gasteiger partial charge in [0.25, 0.3) is 0 Å². The van der Waals surface area contributed by atoms with Crippen LogP contribution >= 0.6 is 0 Å². The lowest BCUT2D eigenvalue weighted by Gasteiger charge is -2.03. The van der Waals surface area contributed by atoms with Gasteiger partial charge in [-0.25, -0.2) is 4.39 Å². The molecule has 86 valence electrons. The smallest absolute Gasteiger partial charge is 0.171 e. The van der Waals surface area contributed by atoms with Crippen LogP contribution < -0.4 is 0 Å². The molecule has 0 saturated carbocycles. The van der Waals surface area contributed by atoms with E-state index in [1.807, 2.05) is 0 Å². The number of halogens is 1. The molecule has 0 aliphatic carbocycles. The van der Waals surface area contributed by atoms with Crippen LogP contribution in [0.3, 0.4) is 0 Å². The molecule has 0 bridgehead atoms. The third-order valence-corrected chi connectivity index (χ3v) is 2.49. The Balaban J connectivity index is 2.21. The van der Waals surface area contributed by atoms with Crippen molar-refractivity contribution in [3.8, 4) is 0 Å². The Labute approximate surface area is 99.1 Å². The van der Waals surface area contributed by atoms with Crippen molar-refractivity contribution in [3.05, 3.63) is 65.2 Å². The van der Waals surface area contributed by atoms with E-state index >= 15 is 0 Å². The highest BCUT2D eigenvalue weighted by Gasteiger charge is 2.12. The Bertz CT molecular complexity index is 537. The Kier molecular flexibility index (Phi) is 3.28. The molecule has 1 aromatic carbocycles. The van der Waals surface area contributed by atoms with Gasteiger partial charge in [-0.2, -0.15) is 0 Å². The van der Waals surface area contributed by atoms with Gasteiger partial charge in [0, 0.05) is 11.9 Å². The lowest BCUT2D eigenvalue weighted by Crippen LogP contribution is -2.07. The lowest BCUT2D eigenvalue weighted by molar-refractivity contribution is 0.0988. The Morgan fingerprint density at radius 3 is 2.76 bits per heavy atom. The van der Waals surface area contributed by atoms with Crippen LogP contribution in [0.4, 0.5) is 4.39 Å². The predicted molar refractivity (Wildman–Crippen MR) is 63.4 cm³/mol. The molecule has 1 heterocycles. The molecule has 0 radical (unpaired) electrons. The number of aryl methyl sites for hydroxylation is 1. The molecular weight excluding hydrogens is 217 g/mol. The van der Waals surface area contributed by atoms with Crippen LogP contribution in [-0.4, -0.2) is 10.8 Å². The normalized spacial score (nSPS) is 10.2. The summed E-state index contributed by atoms with van der Waals surface area (Å²) in [7, 11) is 0. The maximum atomic E-state index is 13.6. The van der Waals surface area contributed by atoms with Gasteiger partial charge in [0.1, 0.15) is 5.82 Å². The summed E-state index contributed by atoms with van der Waals surface area (Å²) in [5.41, 5.74) is 1.58. The van der Waals surface area contributed by atoms with Gasteiger partial charge in [-0.1, -0.05) is 12.1 Å². The number of nitrogens with zero attached hydrogens (tertiary/aromatic N) is 1. The molecule has 0 fully saturated rings. The number of carbonyl (C=O) groups is 1. The molecule has 0 aliphatic rings. The van der Waals surface area contributed by atoms with E-state index in [1.165, 1.54) is 12.1 Å². The van der Waals surface area contributed by atoms with Gasteiger partial charge in [-0.15, -0.1) is 0 Å². The molecule has 2 nitrogen and oxygen atoms in total. The summed E-state index contributed by atoms with van der Waals surface area (Å²) in [5, 5.41) is 0. The van der Waals surface area contributed by atoms with Crippen LogP contribution in [0, 0.1) is 12.7 Å². The van der Waals surface area contributed by atoms with Gasteiger partial charge in [0.15, 0.2) is 5.78 Å². The van der Waals surface area contributed by atoms with E-state index in [1.54, 1.807) is 37.4 Å². The molecule has 0 saturated heterocycles. The molecule has 17 heavy (non-hydrogen) atoms. The van der Waals surface area contributed by atoms with E-state index in [9.17, 15) is 9.18 Å². The van der Waals surface area contributed by atoms with Gasteiger partial charge in [-0.05, 0) is 36.8 Å². The topological polar surface area (TPSA) is 30.0 Å². The number of hydrogen-bond donors (Lipinski definition) is 0. The minimum Gasteiger partial charge on any atom is -0.294 e. The van der Waals surface area contributed by atoms with Gasteiger partial charge in [0.2, 0.25) is 0 Å². The summed E-state index contributed by atoms with van der Waals surface area (Å²) in [6.45, 7) is 1.79. The average Bonchev–Trinajstić information content (AvgIpc) is 2.30. The maximum absolute atomic E-state index is 13.6. The highest BCUT2D eigenvalue weighted by molar-refractivity contribution is 5.97. The Morgan fingerprint density at radius 2 is 2.12 bits per heavy atom. The molecule has 2 aromatic rings. The fourth-order valence-electron chi connectivity index (χ4n) is 1.61. The van der Waals surface area contributed by atoms with E-state index < -0.39 is 5.82 Å². The highest BCUT2D eigenvalue weighted by atomic mass is 19.1. The monoisotopic (exact) mass is 229 g/mol. The van der Waals surface area contributed by atoms with Crippen LogP contribution in [0.25, 0.3) is 0 Å². The van der Waals surface area contributed by atoms with Crippen molar-refractivity contribution < 1.29 is 9.18 Å². The first kappa shape index (κ1) is 11.5. The van der Waals surface area contributed by atoms with Crippen molar-refractivity contribution in [2.45, 2.75) is 13.3 Å². The Morgan fingerprint density at radius 1 is 1.29 bits per heavy atom. The third kappa shape index (κ3) is 2.75. The standard InChI is InChI=1S/C14H12FNO/c1-10-5-6-12(13(15)8-10)14(17)9-11-4-2-3-7-16-11/h2-8H,9H2,1H3. The van der Waals surface area contributed by atoms with Crippen molar-refractivity contribution >= 4 is 5.78 Å². The van der Waals surface area contributed by atoms with Crippen molar-refractivity contribution in [3.63, 3.8) is 0 Å². The summed E-state index contributed by atoms with van der Waals surface area (Å²) in [6, 6.07) is 9.96. The zero-order chi connectivity index (χ0) is 12.3.